The molecule has 1 aromatic heterocycles. The van der Waals surface area contributed by atoms with Gasteiger partial charge in [0.2, 0.25) is 0 Å². The molecule has 0 saturated carbocycles. The zero-order valence-corrected chi connectivity index (χ0v) is 10.8. The van der Waals surface area contributed by atoms with Crippen LogP contribution in [-0.4, -0.2) is 14.8 Å². The van der Waals surface area contributed by atoms with Crippen LogP contribution in [0.5, 0.6) is 5.75 Å². The van der Waals surface area contributed by atoms with E-state index in [4.69, 9.17) is 10.5 Å². The van der Waals surface area contributed by atoms with Gasteiger partial charge in [-0.05, 0) is 12.5 Å². The Kier molecular flexibility index (Phi) is 4.46. The summed E-state index contributed by atoms with van der Waals surface area (Å²) >= 11 is 0. The summed E-state index contributed by atoms with van der Waals surface area (Å²) in [4.78, 5) is 4.12. The first-order chi connectivity index (χ1) is 9.24. The summed E-state index contributed by atoms with van der Waals surface area (Å²) in [7, 11) is 0. The highest BCUT2D eigenvalue weighted by molar-refractivity contribution is 5.28. The molecule has 102 valence electrons. The molecule has 0 saturated heterocycles. The summed E-state index contributed by atoms with van der Waals surface area (Å²) in [6, 6.07) is 4.66. The molecular weight excluding hydrogens is 247 g/mol. The normalized spacial score (nSPS) is 10.7. The molecule has 2 rings (SSSR count). The Morgan fingerprint density at radius 1 is 1.42 bits per heavy atom. The average molecular weight is 264 g/mol. The molecule has 1 heterocycles. The lowest BCUT2D eigenvalue weighted by Gasteiger charge is -2.08. The molecule has 6 heteroatoms. The van der Waals surface area contributed by atoms with Gasteiger partial charge in [-0.15, -0.1) is 0 Å². The first-order valence-electron chi connectivity index (χ1n) is 6.22. The number of hydrogen-bond acceptors (Lipinski definition) is 4. The van der Waals surface area contributed by atoms with Crippen molar-refractivity contribution in [3.05, 3.63) is 41.7 Å². The van der Waals surface area contributed by atoms with E-state index in [9.17, 15) is 4.39 Å². The SMILES string of the molecule is CCCn1ncnc1COc1ccc(CN)c(F)c1. The number of halogens is 1. The van der Waals surface area contributed by atoms with Gasteiger partial charge in [-0.3, -0.25) is 0 Å². The van der Waals surface area contributed by atoms with Gasteiger partial charge in [0.25, 0.3) is 0 Å². The van der Waals surface area contributed by atoms with Crippen LogP contribution in [0.1, 0.15) is 24.7 Å². The van der Waals surface area contributed by atoms with Gasteiger partial charge in [0.1, 0.15) is 24.5 Å². The highest BCUT2D eigenvalue weighted by Crippen LogP contribution is 2.17. The monoisotopic (exact) mass is 264 g/mol. The molecule has 19 heavy (non-hydrogen) atoms. The number of nitrogens with two attached hydrogens (primary N) is 1. The molecule has 2 N–H and O–H groups in total. The number of benzene rings is 1. The molecule has 5 nitrogen and oxygen atoms in total. The lowest BCUT2D eigenvalue weighted by atomic mass is 10.2. The van der Waals surface area contributed by atoms with Gasteiger partial charge in [-0.25, -0.2) is 14.1 Å². The largest absolute Gasteiger partial charge is 0.486 e. The van der Waals surface area contributed by atoms with E-state index in [-0.39, 0.29) is 19.0 Å². The zero-order valence-electron chi connectivity index (χ0n) is 10.8. The van der Waals surface area contributed by atoms with Crippen molar-refractivity contribution in [3.8, 4) is 5.75 Å². The Bertz CT molecular complexity index is 541. The number of aromatic nitrogens is 3. The van der Waals surface area contributed by atoms with Crippen molar-refractivity contribution in [2.75, 3.05) is 0 Å². The Morgan fingerprint density at radius 2 is 2.26 bits per heavy atom. The first-order valence-corrected chi connectivity index (χ1v) is 6.22. The van der Waals surface area contributed by atoms with Gasteiger partial charge in [0.05, 0.1) is 0 Å². The van der Waals surface area contributed by atoms with Gasteiger partial charge < -0.3 is 10.5 Å². The van der Waals surface area contributed by atoms with Crippen molar-refractivity contribution >= 4 is 0 Å². The molecular formula is C13H17FN4O. The highest BCUT2D eigenvalue weighted by atomic mass is 19.1. The zero-order chi connectivity index (χ0) is 13.7. The van der Waals surface area contributed by atoms with Crippen LogP contribution in [0.3, 0.4) is 0 Å². The molecule has 0 radical (unpaired) electrons. The summed E-state index contributed by atoms with van der Waals surface area (Å²) in [6.45, 7) is 3.30. The van der Waals surface area contributed by atoms with E-state index in [1.165, 1.54) is 12.4 Å². The number of aryl methyl sites for hydroxylation is 1. The van der Waals surface area contributed by atoms with Crippen molar-refractivity contribution in [1.82, 2.24) is 14.8 Å². The molecule has 0 unspecified atom stereocenters. The highest BCUT2D eigenvalue weighted by Gasteiger charge is 2.06. The fraction of sp³-hybridized carbons (Fsp3) is 0.385. The van der Waals surface area contributed by atoms with E-state index in [1.807, 2.05) is 0 Å². The number of rotatable bonds is 6. The molecule has 0 amide bonds. The van der Waals surface area contributed by atoms with E-state index in [1.54, 1.807) is 16.8 Å². The number of ether oxygens (including phenoxy) is 1. The Hall–Kier alpha value is -1.95. The third kappa shape index (κ3) is 3.29. The standard InChI is InChI=1S/C13H17FN4O/c1-2-5-18-13(16-9-17-18)8-19-11-4-3-10(7-15)12(14)6-11/h3-4,6,9H,2,5,7-8,15H2,1H3. The molecule has 0 spiro atoms. The van der Waals surface area contributed by atoms with Crippen molar-refractivity contribution in [1.29, 1.82) is 0 Å². The van der Waals surface area contributed by atoms with E-state index >= 15 is 0 Å². The minimum absolute atomic E-state index is 0.178. The molecule has 0 atom stereocenters. The maximum atomic E-state index is 13.5. The lowest BCUT2D eigenvalue weighted by molar-refractivity contribution is 0.284. The van der Waals surface area contributed by atoms with Gasteiger partial charge in [-0.1, -0.05) is 13.0 Å². The first kappa shape index (κ1) is 13.5. The Morgan fingerprint density at radius 3 is 2.95 bits per heavy atom. The Balaban J connectivity index is 2.02. The van der Waals surface area contributed by atoms with E-state index < -0.39 is 0 Å². The van der Waals surface area contributed by atoms with E-state index in [0.29, 0.717) is 11.3 Å². The van der Waals surface area contributed by atoms with E-state index in [0.717, 1.165) is 18.8 Å². The van der Waals surface area contributed by atoms with Gasteiger partial charge >= 0.3 is 0 Å². The van der Waals surface area contributed by atoms with Crippen LogP contribution in [0.15, 0.2) is 24.5 Å². The van der Waals surface area contributed by atoms with Crippen LogP contribution in [0.2, 0.25) is 0 Å². The van der Waals surface area contributed by atoms with Crippen molar-refractivity contribution in [2.24, 2.45) is 5.73 Å². The molecule has 2 aromatic rings. The summed E-state index contributed by atoms with van der Waals surface area (Å²) in [5.41, 5.74) is 5.88. The van der Waals surface area contributed by atoms with Crippen LogP contribution in [-0.2, 0) is 19.7 Å². The van der Waals surface area contributed by atoms with Gasteiger partial charge in [0.15, 0.2) is 5.82 Å². The fourth-order valence-electron chi connectivity index (χ4n) is 1.73. The summed E-state index contributed by atoms with van der Waals surface area (Å²) in [5, 5.41) is 4.10. The topological polar surface area (TPSA) is 66.0 Å². The number of hydrogen-bond donors (Lipinski definition) is 1. The third-order valence-electron chi connectivity index (χ3n) is 2.74. The molecule has 0 aliphatic heterocycles. The molecule has 0 aliphatic rings. The van der Waals surface area contributed by atoms with Gasteiger partial charge in [0, 0.05) is 24.7 Å². The fourth-order valence-corrected chi connectivity index (χ4v) is 1.73. The molecule has 0 fully saturated rings. The van der Waals surface area contributed by atoms with Crippen LogP contribution < -0.4 is 10.5 Å². The van der Waals surface area contributed by atoms with Crippen molar-refractivity contribution in [2.45, 2.75) is 33.0 Å². The second-order valence-electron chi connectivity index (χ2n) is 4.15. The van der Waals surface area contributed by atoms with Crippen molar-refractivity contribution in [3.63, 3.8) is 0 Å². The minimum atomic E-state index is -0.352. The quantitative estimate of drug-likeness (QED) is 0.865. The average Bonchev–Trinajstić information content (AvgIpc) is 2.84. The predicted octanol–water partition coefficient (Wildman–Crippen LogP) is 1.86. The molecule has 1 aromatic carbocycles. The van der Waals surface area contributed by atoms with E-state index in [2.05, 4.69) is 17.0 Å². The van der Waals surface area contributed by atoms with Crippen molar-refractivity contribution < 1.29 is 9.13 Å². The smallest absolute Gasteiger partial charge is 0.164 e. The summed E-state index contributed by atoms with van der Waals surface area (Å²) in [5.74, 6) is 0.834. The number of nitrogens with zero attached hydrogens (tertiary/aromatic N) is 3. The van der Waals surface area contributed by atoms with Gasteiger partial charge in [-0.2, -0.15) is 5.10 Å². The Labute approximate surface area is 111 Å². The summed E-state index contributed by atoms with van der Waals surface area (Å²) in [6.07, 6.45) is 2.46. The van der Waals surface area contributed by atoms with Crippen LogP contribution in [0.25, 0.3) is 0 Å². The second kappa shape index (κ2) is 6.29. The minimum Gasteiger partial charge on any atom is -0.486 e. The van der Waals surface area contributed by atoms with Crippen LogP contribution in [0, 0.1) is 5.82 Å². The lowest BCUT2D eigenvalue weighted by Crippen LogP contribution is -2.08. The molecule has 0 aliphatic carbocycles. The maximum Gasteiger partial charge on any atom is 0.164 e. The predicted molar refractivity (Wildman–Crippen MR) is 68.9 cm³/mol. The summed E-state index contributed by atoms with van der Waals surface area (Å²) < 4.78 is 20.8. The second-order valence-corrected chi connectivity index (χ2v) is 4.15. The van der Waals surface area contributed by atoms with Crippen LogP contribution in [0.4, 0.5) is 4.39 Å². The third-order valence-corrected chi connectivity index (χ3v) is 2.74. The molecule has 0 bridgehead atoms. The van der Waals surface area contributed by atoms with Crippen LogP contribution >= 0.6 is 0 Å². The maximum absolute atomic E-state index is 13.5.